The minimum absolute atomic E-state index is 0.0123. The molecule has 0 radical (unpaired) electrons. The summed E-state index contributed by atoms with van der Waals surface area (Å²) in [5, 5.41) is 31.6. The molecule has 3 heterocycles. The number of carbonyl (C=O) groups is 1. The van der Waals surface area contributed by atoms with Gasteiger partial charge in [0.2, 0.25) is 0 Å². The van der Waals surface area contributed by atoms with Gasteiger partial charge in [0.1, 0.15) is 6.10 Å². The van der Waals surface area contributed by atoms with Gasteiger partial charge in [0.05, 0.1) is 42.7 Å². The summed E-state index contributed by atoms with van der Waals surface area (Å²) >= 11 is 0. The first-order valence-electron chi connectivity index (χ1n) is 17.6. The molecule has 3 aliphatic rings. The Morgan fingerprint density at radius 1 is 0.690 bits per heavy atom. The zero-order valence-corrected chi connectivity index (χ0v) is 26.7. The van der Waals surface area contributed by atoms with Crippen molar-refractivity contribution in [1.82, 2.24) is 0 Å². The third-order valence-corrected chi connectivity index (χ3v) is 9.56. The molecule has 0 saturated carbocycles. The highest BCUT2D eigenvalue weighted by Crippen LogP contribution is 2.34. The van der Waals surface area contributed by atoms with E-state index in [9.17, 15) is 20.1 Å². The van der Waals surface area contributed by atoms with Gasteiger partial charge in [-0.05, 0) is 83.6 Å². The van der Waals surface area contributed by atoms with Gasteiger partial charge in [-0.1, -0.05) is 77.6 Å². The number of aliphatic hydroxyl groups excluding tert-OH is 3. The SMILES string of the molecule is CCCCCC[C@H](O)CCC[C@H](O)[C@H]1CC[C@H]([C@H]2CC[C@H]([C@H](O)CCCCCCCCCCC3=C[C@H](C)OC3=O)O2)O1. The van der Waals surface area contributed by atoms with Gasteiger partial charge in [-0.3, -0.25) is 0 Å². The van der Waals surface area contributed by atoms with Crippen LogP contribution in [-0.4, -0.2) is 70.1 Å². The molecular formula is C35H62O7. The van der Waals surface area contributed by atoms with Crippen molar-refractivity contribution in [3.05, 3.63) is 11.6 Å². The van der Waals surface area contributed by atoms with E-state index in [1.807, 2.05) is 13.0 Å². The Hall–Kier alpha value is -0.990. The molecule has 2 saturated heterocycles. The summed E-state index contributed by atoms with van der Waals surface area (Å²) < 4.78 is 17.6. The lowest BCUT2D eigenvalue weighted by molar-refractivity contribution is -0.139. The Kier molecular flexibility index (Phi) is 17.0. The van der Waals surface area contributed by atoms with Crippen molar-refractivity contribution in [2.45, 2.75) is 204 Å². The second-order valence-corrected chi connectivity index (χ2v) is 13.3. The van der Waals surface area contributed by atoms with Crippen LogP contribution in [0.1, 0.15) is 155 Å². The van der Waals surface area contributed by atoms with Crippen LogP contribution in [0.4, 0.5) is 0 Å². The van der Waals surface area contributed by atoms with Crippen LogP contribution in [0.5, 0.6) is 0 Å². The number of ether oxygens (including phenoxy) is 3. The zero-order valence-electron chi connectivity index (χ0n) is 26.7. The van der Waals surface area contributed by atoms with Crippen LogP contribution < -0.4 is 0 Å². The van der Waals surface area contributed by atoms with Crippen molar-refractivity contribution in [2.24, 2.45) is 0 Å². The summed E-state index contributed by atoms with van der Waals surface area (Å²) in [7, 11) is 0. The molecule has 0 aliphatic carbocycles. The molecule has 0 bridgehead atoms. The molecule has 3 aliphatic heterocycles. The lowest BCUT2D eigenvalue weighted by atomic mass is 9.99. The minimum atomic E-state index is -0.482. The van der Waals surface area contributed by atoms with E-state index in [0.717, 1.165) is 95.5 Å². The second-order valence-electron chi connectivity index (χ2n) is 13.3. The molecule has 8 atom stereocenters. The number of cyclic esters (lactones) is 1. The van der Waals surface area contributed by atoms with Crippen molar-refractivity contribution >= 4 is 5.97 Å². The van der Waals surface area contributed by atoms with Crippen LogP contribution in [0.15, 0.2) is 11.6 Å². The lowest BCUT2D eigenvalue weighted by Crippen LogP contribution is -2.33. The number of hydrogen-bond acceptors (Lipinski definition) is 7. The fraction of sp³-hybridized carbons (Fsp3) is 0.914. The Balaban J connectivity index is 1.16. The van der Waals surface area contributed by atoms with Gasteiger partial charge in [0.15, 0.2) is 0 Å². The van der Waals surface area contributed by atoms with Crippen LogP contribution in [0.3, 0.4) is 0 Å². The maximum atomic E-state index is 11.6. The number of rotatable bonds is 23. The number of aliphatic hydroxyl groups is 3. The van der Waals surface area contributed by atoms with Crippen LogP contribution in [0.25, 0.3) is 0 Å². The summed E-state index contributed by atoms with van der Waals surface area (Å²) in [6.45, 7) is 4.10. The third-order valence-electron chi connectivity index (χ3n) is 9.56. The maximum Gasteiger partial charge on any atom is 0.334 e. The average molecular weight is 595 g/mol. The summed E-state index contributed by atoms with van der Waals surface area (Å²) in [6.07, 6.45) is 22.8. The molecule has 244 valence electrons. The van der Waals surface area contributed by atoms with Gasteiger partial charge in [-0.2, -0.15) is 0 Å². The average Bonchev–Trinajstić information content (AvgIpc) is 3.72. The summed E-state index contributed by atoms with van der Waals surface area (Å²) in [6, 6.07) is 0. The number of esters is 1. The van der Waals surface area contributed by atoms with E-state index in [0.29, 0.717) is 6.42 Å². The molecule has 42 heavy (non-hydrogen) atoms. The molecule has 0 amide bonds. The molecular weight excluding hydrogens is 532 g/mol. The number of carbonyl (C=O) groups excluding carboxylic acids is 1. The van der Waals surface area contributed by atoms with Crippen molar-refractivity contribution in [1.29, 1.82) is 0 Å². The standard InChI is InChI=1S/C35H62O7/c1-3-4-5-13-17-28(36)18-15-20-30(38)32-22-24-34(42-32)33-23-21-31(41-33)29(37)19-14-11-9-7-6-8-10-12-16-27-25-26(2)40-35(27)39/h25-26,28-34,36-38H,3-24H2,1-2H3/t26-,28-,29+,30-,31+,32+,33+,34+/m0/s1. The number of hydrogen-bond donors (Lipinski definition) is 3. The quantitative estimate of drug-likeness (QED) is 0.0858. The van der Waals surface area contributed by atoms with Crippen LogP contribution in [0.2, 0.25) is 0 Å². The third kappa shape index (κ3) is 12.9. The van der Waals surface area contributed by atoms with E-state index in [4.69, 9.17) is 14.2 Å². The Morgan fingerprint density at radius 2 is 1.19 bits per heavy atom. The Bertz CT molecular complexity index is 770. The fourth-order valence-corrected chi connectivity index (χ4v) is 6.92. The van der Waals surface area contributed by atoms with Crippen LogP contribution in [-0.2, 0) is 19.0 Å². The zero-order chi connectivity index (χ0) is 30.2. The second kappa shape index (κ2) is 20.1. The van der Waals surface area contributed by atoms with E-state index in [-0.39, 0.29) is 42.6 Å². The van der Waals surface area contributed by atoms with Gasteiger partial charge in [0.25, 0.3) is 0 Å². The van der Waals surface area contributed by atoms with E-state index in [1.54, 1.807) is 0 Å². The van der Waals surface area contributed by atoms with E-state index in [2.05, 4.69) is 6.92 Å². The molecule has 7 heteroatoms. The largest absolute Gasteiger partial charge is 0.455 e. The van der Waals surface area contributed by atoms with E-state index < -0.39 is 12.2 Å². The minimum Gasteiger partial charge on any atom is -0.455 e. The number of unbranched alkanes of at least 4 members (excludes halogenated alkanes) is 10. The van der Waals surface area contributed by atoms with Crippen molar-refractivity contribution in [2.75, 3.05) is 0 Å². The van der Waals surface area contributed by atoms with Crippen molar-refractivity contribution in [3.63, 3.8) is 0 Å². The Morgan fingerprint density at radius 3 is 1.76 bits per heavy atom. The predicted molar refractivity (Wildman–Crippen MR) is 166 cm³/mol. The van der Waals surface area contributed by atoms with Crippen LogP contribution in [0, 0.1) is 0 Å². The normalized spacial score (nSPS) is 28.2. The molecule has 7 nitrogen and oxygen atoms in total. The van der Waals surface area contributed by atoms with Crippen molar-refractivity contribution in [3.8, 4) is 0 Å². The van der Waals surface area contributed by atoms with Gasteiger partial charge in [-0.25, -0.2) is 4.79 Å². The van der Waals surface area contributed by atoms with E-state index in [1.165, 1.54) is 44.9 Å². The molecule has 2 fully saturated rings. The predicted octanol–water partition coefficient (Wildman–Crippen LogP) is 7.08. The van der Waals surface area contributed by atoms with Gasteiger partial charge >= 0.3 is 5.97 Å². The molecule has 0 aromatic heterocycles. The highest BCUT2D eigenvalue weighted by molar-refractivity contribution is 5.90. The summed E-state index contributed by atoms with van der Waals surface area (Å²) in [5.74, 6) is -0.133. The molecule has 0 aromatic carbocycles. The van der Waals surface area contributed by atoms with Gasteiger partial charge in [-0.15, -0.1) is 0 Å². The first kappa shape index (κ1) is 35.5. The molecule has 0 unspecified atom stereocenters. The monoisotopic (exact) mass is 594 g/mol. The highest BCUT2D eigenvalue weighted by atomic mass is 16.6. The highest BCUT2D eigenvalue weighted by Gasteiger charge is 2.40. The first-order valence-corrected chi connectivity index (χ1v) is 17.6. The summed E-state index contributed by atoms with van der Waals surface area (Å²) in [5.41, 5.74) is 0.851. The molecule has 0 spiro atoms. The molecule has 0 aromatic rings. The van der Waals surface area contributed by atoms with Gasteiger partial charge < -0.3 is 29.5 Å². The first-order chi connectivity index (χ1) is 20.4. The molecule has 3 N–H and O–H groups in total. The fourth-order valence-electron chi connectivity index (χ4n) is 6.92. The topological polar surface area (TPSA) is 105 Å². The summed E-state index contributed by atoms with van der Waals surface area (Å²) in [4.78, 5) is 11.6. The smallest absolute Gasteiger partial charge is 0.334 e. The van der Waals surface area contributed by atoms with Gasteiger partial charge in [0, 0.05) is 5.57 Å². The van der Waals surface area contributed by atoms with Crippen molar-refractivity contribution < 1.29 is 34.3 Å². The lowest BCUT2D eigenvalue weighted by Gasteiger charge is -2.24. The van der Waals surface area contributed by atoms with Crippen LogP contribution >= 0.6 is 0 Å². The Labute approximate surface area is 255 Å². The van der Waals surface area contributed by atoms with E-state index >= 15 is 0 Å². The maximum absolute atomic E-state index is 11.6. The molecule has 3 rings (SSSR count).